The Bertz CT molecular complexity index is 1480. The van der Waals surface area contributed by atoms with E-state index in [1.165, 1.54) is 18.5 Å². The number of aromatic nitrogens is 4. The molecule has 1 aromatic carbocycles. The summed E-state index contributed by atoms with van der Waals surface area (Å²) in [5.74, 6) is 1.19. The Morgan fingerprint density at radius 3 is 2.16 bits per heavy atom. The normalized spacial score (nSPS) is 17.4. The van der Waals surface area contributed by atoms with Gasteiger partial charge in [-0.1, -0.05) is 24.3 Å². The molecule has 0 spiro atoms. The third-order valence-electron chi connectivity index (χ3n) is 8.50. The Kier molecular flexibility index (Phi) is 8.51. The molecule has 0 radical (unpaired) electrons. The van der Waals surface area contributed by atoms with Crippen molar-refractivity contribution >= 4 is 17.8 Å². The van der Waals surface area contributed by atoms with Crippen molar-refractivity contribution in [2.24, 2.45) is 0 Å². The third kappa shape index (κ3) is 7.34. The highest BCUT2D eigenvalue weighted by molar-refractivity contribution is 5.96. The Hall–Kier alpha value is -4.08. The highest BCUT2D eigenvalue weighted by atomic mass is 16.6. The molecule has 3 fully saturated rings. The van der Waals surface area contributed by atoms with Gasteiger partial charge in [0.25, 0.3) is 5.91 Å². The van der Waals surface area contributed by atoms with Gasteiger partial charge in [0, 0.05) is 73.8 Å². The van der Waals surface area contributed by atoms with E-state index in [0.29, 0.717) is 42.4 Å². The van der Waals surface area contributed by atoms with Gasteiger partial charge in [0.2, 0.25) is 0 Å². The average molecular weight is 599 g/mol. The Balaban J connectivity index is 1.02. The minimum atomic E-state index is -0.531. The van der Waals surface area contributed by atoms with Gasteiger partial charge in [-0.05, 0) is 71.8 Å². The molecule has 0 N–H and O–H groups in total. The molecule has 3 aromatic rings. The number of ketones is 1. The predicted octanol–water partition coefficient (Wildman–Crippen LogP) is 5.88. The molecule has 2 aromatic heterocycles. The lowest BCUT2D eigenvalue weighted by Crippen LogP contribution is -2.50. The van der Waals surface area contributed by atoms with Gasteiger partial charge >= 0.3 is 6.09 Å². The summed E-state index contributed by atoms with van der Waals surface area (Å²) in [6.45, 7) is 7.46. The second-order valence-corrected chi connectivity index (χ2v) is 13.3. The quantitative estimate of drug-likeness (QED) is 0.268. The number of aryl methyl sites for hydroxylation is 1. The van der Waals surface area contributed by atoms with E-state index in [1.807, 2.05) is 60.8 Å². The number of hydrogen-bond donors (Lipinski definition) is 0. The predicted molar refractivity (Wildman–Crippen MR) is 165 cm³/mol. The molecule has 1 aliphatic heterocycles. The number of Topliss-reactive ketones (excluding diaryl/α,β-unsaturated/α-hetero) is 1. The van der Waals surface area contributed by atoms with Gasteiger partial charge in [-0.15, -0.1) is 0 Å². The van der Waals surface area contributed by atoms with E-state index in [9.17, 15) is 14.4 Å². The fourth-order valence-corrected chi connectivity index (χ4v) is 5.82. The first kappa shape index (κ1) is 30.0. The molecule has 0 atom stereocenters. The van der Waals surface area contributed by atoms with Crippen LogP contribution in [-0.4, -0.2) is 78.1 Å². The van der Waals surface area contributed by atoms with E-state index in [4.69, 9.17) is 4.74 Å². The number of hydrogen-bond acceptors (Lipinski definition) is 7. The van der Waals surface area contributed by atoms with Crippen LogP contribution in [0.4, 0.5) is 4.79 Å². The topological polar surface area (TPSA) is 111 Å². The van der Waals surface area contributed by atoms with Crippen LogP contribution in [0.1, 0.15) is 104 Å². The number of piperidine rings is 1. The molecule has 10 heteroatoms. The SMILES string of the molecule is CC(C)(C)OC(=O)N1CCC(N(C(=O)c2cnc(-c3ccc(C(=O)CCCn4ccc(C5CC5)n4)cc3)nc2)C2CC2)CC1. The number of carbonyl (C=O) groups is 3. The largest absolute Gasteiger partial charge is 0.444 e. The highest BCUT2D eigenvalue weighted by Crippen LogP contribution is 2.39. The number of likely N-dealkylation sites (tertiary alicyclic amines) is 1. The zero-order valence-corrected chi connectivity index (χ0v) is 25.9. The Labute approximate surface area is 258 Å². The molecule has 1 saturated heterocycles. The van der Waals surface area contributed by atoms with Crippen LogP contribution >= 0.6 is 0 Å². The molecule has 44 heavy (non-hydrogen) atoms. The molecule has 2 aliphatic carbocycles. The van der Waals surface area contributed by atoms with Gasteiger partial charge in [-0.25, -0.2) is 14.8 Å². The molecule has 6 rings (SSSR count). The summed E-state index contributed by atoms with van der Waals surface area (Å²) in [5.41, 5.74) is 2.56. The number of benzene rings is 1. The van der Waals surface area contributed by atoms with E-state index >= 15 is 0 Å². The summed E-state index contributed by atoms with van der Waals surface area (Å²) < 4.78 is 7.46. The van der Waals surface area contributed by atoms with Gasteiger partial charge in [0.15, 0.2) is 11.6 Å². The highest BCUT2D eigenvalue weighted by Gasteiger charge is 2.40. The van der Waals surface area contributed by atoms with Crippen LogP contribution in [0.3, 0.4) is 0 Å². The summed E-state index contributed by atoms with van der Waals surface area (Å²) in [4.78, 5) is 51.6. The molecule has 232 valence electrons. The molecule has 3 heterocycles. The number of amides is 2. The average Bonchev–Trinajstić information content (AvgIpc) is 3.96. The molecule has 10 nitrogen and oxygen atoms in total. The maximum Gasteiger partial charge on any atom is 0.410 e. The standard InChI is InChI=1S/C34H42N6O4/c1-34(2,3)44-33(43)38-18-14-28(15-19-38)40(27-12-13-27)32(42)26-21-35-31(36-22-26)25-10-8-24(9-11-25)30(41)5-4-17-39-20-16-29(37-39)23-6-7-23/h8-11,16,20-23,27-28H,4-7,12-15,17-19H2,1-3H3. The van der Waals surface area contributed by atoms with Crippen molar-refractivity contribution in [1.29, 1.82) is 0 Å². The number of nitrogens with zero attached hydrogens (tertiary/aromatic N) is 6. The van der Waals surface area contributed by atoms with Crippen LogP contribution in [-0.2, 0) is 11.3 Å². The van der Waals surface area contributed by atoms with E-state index in [2.05, 4.69) is 21.1 Å². The zero-order chi connectivity index (χ0) is 30.8. The molecule has 2 amide bonds. The van der Waals surface area contributed by atoms with Gasteiger partial charge in [0.05, 0.1) is 11.3 Å². The van der Waals surface area contributed by atoms with Crippen molar-refractivity contribution in [3.63, 3.8) is 0 Å². The lowest BCUT2D eigenvalue weighted by Gasteiger charge is -2.39. The summed E-state index contributed by atoms with van der Waals surface area (Å²) >= 11 is 0. The summed E-state index contributed by atoms with van der Waals surface area (Å²) in [7, 11) is 0. The van der Waals surface area contributed by atoms with Crippen LogP contribution in [0.25, 0.3) is 11.4 Å². The number of rotatable bonds is 10. The minimum Gasteiger partial charge on any atom is -0.444 e. The maximum absolute atomic E-state index is 13.6. The van der Waals surface area contributed by atoms with E-state index < -0.39 is 5.60 Å². The summed E-state index contributed by atoms with van der Waals surface area (Å²) in [5, 5.41) is 4.62. The molecule has 2 saturated carbocycles. The van der Waals surface area contributed by atoms with E-state index in [0.717, 1.165) is 44.2 Å². The second-order valence-electron chi connectivity index (χ2n) is 13.3. The molecule has 0 bridgehead atoms. The van der Waals surface area contributed by atoms with Crippen molar-refractivity contribution in [3.8, 4) is 11.4 Å². The second kappa shape index (κ2) is 12.5. The van der Waals surface area contributed by atoms with Crippen LogP contribution in [0.5, 0.6) is 0 Å². The van der Waals surface area contributed by atoms with Crippen LogP contribution in [0, 0.1) is 0 Å². The molecular weight excluding hydrogens is 556 g/mol. The summed E-state index contributed by atoms with van der Waals surface area (Å²) in [6, 6.07) is 9.73. The first-order valence-electron chi connectivity index (χ1n) is 15.9. The van der Waals surface area contributed by atoms with Gasteiger partial charge < -0.3 is 14.5 Å². The Morgan fingerprint density at radius 2 is 1.55 bits per heavy atom. The van der Waals surface area contributed by atoms with Crippen molar-refractivity contribution in [2.45, 2.75) is 102 Å². The first-order valence-corrected chi connectivity index (χ1v) is 15.9. The number of ether oxygens (including phenoxy) is 1. The van der Waals surface area contributed by atoms with Crippen LogP contribution in [0.2, 0.25) is 0 Å². The first-order chi connectivity index (χ1) is 21.1. The monoisotopic (exact) mass is 598 g/mol. The van der Waals surface area contributed by atoms with Gasteiger partial charge in [0.1, 0.15) is 5.60 Å². The van der Waals surface area contributed by atoms with Gasteiger partial charge in [-0.3, -0.25) is 14.3 Å². The fourth-order valence-electron chi connectivity index (χ4n) is 5.82. The van der Waals surface area contributed by atoms with E-state index in [-0.39, 0.29) is 29.9 Å². The molecular formula is C34H42N6O4. The zero-order valence-electron chi connectivity index (χ0n) is 25.9. The minimum absolute atomic E-state index is 0.0606. The smallest absolute Gasteiger partial charge is 0.410 e. The van der Waals surface area contributed by atoms with Crippen LogP contribution in [0.15, 0.2) is 48.9 Å². The van der Waals surface area contributed by atoms with Crippen molar-refractivity contribution in [2.75, 3.05) is 13.1 Å². The lowest BCUT2D eigenvalue weighted by atomic mass is 10.0. The van der Waals surface area contributed by atoms with Crippen LogP contribution < -0.4 is 0 Å². The molecule has 0 unspecified atom stereocenters. The number of carbonyl (C=O) groups excluding carboxylic acids is 3. The lowest BCUT2D eigenvalue weighted by molar-refractivity contribution is 0.0142. The van der Waals surface area contributed by atoms with Crippen molar-refractivity contribution in [1.82, 2.24) is 29.5 Å². The van der Waals surface area contributed by atoms with Crippen molar-refractivity contribution < 1.29 is 19.1 Å². The van der Waals surface area contributed by atoms with Gasteiger partial charge in [-0.2, -0.15) is 5.10 Å². The van der Waals surface area contributed by atoms with E-state index in [1.54, 1.807) is 17.3 Å². The molecule has 3 aliphatic rings. The third-order valence-corrected chi connectivity index (χ3v) is 8.50. The maximum atomic E-state index is 13.6. The summed E-state index contributed by atoms with van der Waals surface area (Å²) in [6.07, 6.45) is 12.0. The Morgan fingerprint density at radius 1 is 0.886 bits per heavy atom. The van der Waals surface area contributed by atoms with Crippen molar-refractivity contribution in [3.05, 3.63) is 65.7 Å². The fraction of sp³-hybridized carbons (Fsp3) is 0.529.